The molecule has 0 bridgehead atoms. The van der Waals surface area contributed by atoms with Crippen molar-refractivity contribution in [3.05, 3.63) is 106 Å². The Morgan fingerprint density at radius 2 is 1.86 bits per heavy atom. The fourth-order valence-electron chi connectivity index (χ4n) is 3.34. The van der Waals surface area contributed by atoms with Crippen LogP contribution in [0.3, 0.4) is 0 Å². The standard InChI is InChI=1S/C22H17N3O3/c26-20-11-10-15-5-1-2-9-19(15)21(20)22(24-17-7-4-12-23-14-17)16-6-3-8-18(13-16)25(27)28/h1-14,22,24,26H. The van der Waals surface area contributed by atoms with E-state index in [9.17, 15) is 15.2 Å². The van der Waals surface area contributed by atoms with Crippen molar-refractivity contribution in [2.45, 2.75) is 6.04 Å². The lowest BCUT2D eigenvalue weighted by Crippen LogP contribution is -2.13. The molecule has 2 N–H and O–H groups in total. The number of nitro benzene ring substituents is 1. The molecule has 0 aliphatic carbocycles. The highest BCUT2D eigenvalue weighted by Gasteiger charge is 2.22. The average Bonchev–Trinajstić information content (AvgIpc) is 2.73. The molecular formula is C22H17N3O3. The molecule has 1 unspecified atom stereocenters. The van der Waals surface area contributed by atoms with Crippen molar-refractivity contribution in [2.75, 3.05) is 5.32 Å². The molecule has 0 radical (unpaired) electrons. The number of aromatic hydroxyl groups is 1. The van der Waals surface area contributed by atoms with Gasteiger partial charge in [-0.1, -0.05) is 42.5 Å². The molecule has 6 nitrogen and oxygen atoms in total. The third kappa shape index (κ3) is 3.35. The summed E-state index contributed by atoms with van der Waals surface area (Å²) in [6.45, 7) is 0. The molecule has 0 aliphatic rings. The number of nitrogens with one attached hydrogen (secondary N) is 1. The Labute approximate surface area is 161 Å². The minimum atomic E-state index is -0.504. The number of non-ortho nitro benzene ring substituents is 1. The maximum Gasteiger partial charge on any atom is 0.269 e. The van der Waals surface area contributed by atoms with Crippen molar-refractivity contribution in [2.24, 2.45) is 0 Å². The summed E-state index contributed by atoms with van der Waals surface area (Å²) in [5.41, 5.74) is 2.06. The zero-order valence-electron chi connectivity index (χ0n) is 14.8. The molecule has 28 heavy (non-hydrogen) atoms. The fourth-order valence-corrected chi connectivity index (χ4v) is 3.34. The lowest BCUT2D eigenvalue weighted by atomic mass is 9.92. The Bertz CT molecular complexity index is 1150. The van der Waals surface area contributed by atoms with E-state index in [1.807, 2.05) is 42.5 Å². The number of nitro groups is 1. The van der Waals surface area contributed by atoms with E-state index in [2.05, 4.69) is 10.3 Å². The smallest absolute Gasteiger partial charge is 0.269 e. The number of hydrogen-bond acceptors (Lipinski definition) is 5. The molecule has 1 heterocycles. The van der Waals surface area contributed by atoms with E-state index in [0.717, 1.165) is 16.5 Å². The summed E-state index contributed by atoms with van der Waals surface area (Å²) in [6.07, 6.45) is 3.34. The van der Waals surface area contributed by atoms with Gasteiger partial charge in [-0.25, -0.2) is 0 Å². The molecule has 0 amide bonds. The van der Waals surface area contributed by atoms with E-state index in [1.165, 1.54) is 12.1 Å². The van der Waals surface area contributed by atoms with Crippen LogP contribution in [0.25, 0.3) is 10.8 Å². The Morgan fingerprint density at radius 3 is 2.64 bits per heavy atom. The van der Waals surface area contributed by atoms with E-state index in [1.54, 1.807) is 30.6 Å². The van der Waals surface area contributed by atoms with Crippen LogP contribution in [0.2, 0.25) is 0 Å². The minimum absolute atomic E-state index is 0.00443. The topological polar surface area (TPSA) is 88.3 Å². The molecule has 0 spiro atoms. The minimum Gasteiger partial charge on any atom is -0.508 e. The van der Waals surface area contributed by atoms with E-state index in [0.29, 0.717) is 11.1 Å². The number of rotatable bonds is 5. The summed E-state index contributed by atoms with van der Waals surface area (Å²) < 4.78 is 0. The van der Waals surface area contributed by atoms with E-state index < -0.39 is 11.0 Å². The summed E-state index contributed by atoms with van der Waals surface area (Å²) in [5.74, 6) is 0.117. The molecular weight excluding hydrogens is 354 g/mol. The summed E-state index contributed by atoms with van der Waals surface area (Å²) in [4.78, 5) is 15.0. The first-order valence-electron chi connectivity index (χ1n) is 8.75. The van der Waals surface area contributed by atoms with E-state index >= 15 is 0 Å². The first-order chi connectivity index (χ1) is 13.6. The molecule has 4 aromatic rings. The SMILES string of the molecule is O=[N+]([O-])c1cccc(C(Nc2cccnc2)c2c(O)ccc3ccccc23)c1. The maximum atomic E-state index is 11.3. The van der Waals surface area contributed by atoms with Crippen molar-refractivity contribution < 1.29 is 10.0 Å². The zero-order chi connectivity index (χ0) is 19.5. The lowest BCUT2D eigenvalue weighted by Gasteiger charge is -2.23. The average molecular weight is 371 g/mol. The Kier molecular flexibility index (Phi) is 4.60. The van der Waals surface area contributed by atoms with Crippen LogP contribution in [0.5, 0.6) is 5.75 Å². The number of anilines is 1. The van der Waals surface area contributed by atoms with Gasteiger partial charge >= 0.3 is 0 Å². The summed E-state index contributed by atoms with van der Waals surface area (Å²) in [5, 5.41) is 27.2. The monoisotopic (exact) mass is 371 g/mol. The van der Waals surface area contributed by atoms with Gasteiger partial charge in [-0.05, 0) is 34.5 Å². The van der Waals surface area contributed by atoms with Crippen LogP contribution in [0.4, 0.5) is 11.4 Å². The third-order valence-corrected chi connectivity index (χ3v) is 4.62. The zero-order valence-corrected chi connectivity index (χ0v) is 14.8. The number of phenolic OH excluding ortho intramolecular Hbond substituents is 1. The molecule has 0 saturated carbocycles. The van der Waals surface area contributed by atoms with Gasteiger partial charge in [0.05, 0.1) is 16.7 Å². The Hall–Kier alpha value is -3.93. The number of hydrogen-bond donors (Lipinski definition) is 2. The van der Waals surface area contributed by atoms with Gasteiger partial charge in [-0.15, -0.1) is 0 Å². The van der Waals surface area contributed by atoms with Gasteiger partial charge in [0.15, 0.2) is 0 Å². The van der Waals surface area contributed by atoms with Crippen LogP contribution in [-0.4, -0.2) is 15.0 Å². The van der Waals surface area contributed by atoms with E-state index in [-0.39, 0.29) is 11.4 Å². The molecule has 4 rings (SSSR count). The van der Waals surface area contributed by atoms with Gasteiger partial charge in [-0.2, -0.15) is 0 Å². The largest absolute Gasteiger partial charge is 0.508 e. The third-order valence-electron chi connectivity index (χ3n) is 4.62. The number of benzene rings is 3. The van der Waals surface area contributed by atoms with Gasteiger partial charge in [0.25, 0.3) is 5.69 Å². The highest BCUT2D eigenvalue weighted by Crippen LogP contribution is 2.38. The number of nitrogens with zero attached hydrogens (tertiary/aromatic N) is 2. The van der Waals surface area contributed by atoms with Crippen molar-refractivity contribution >= 4 is 22.1 Å². The van der Waals surface area contributed by atoms with Crippen LogP contribution >= 0.6 is 0 Å². The summed E-state index contributed by atoms with van der Waals surface area (Å²) >= 11 is 0. The second-order valence-corrected chi connectivity index (χ2v) is 6.39. The highest BCUT2D eigenvalue weighted by molar-refractivity contribution is 5.89. The predicted molar refractivity (Wildman–Crippen MR) is 108 cm³/mol. The first-order valence-corrected chi connectivity index (χ1v) is 8.75. The Balaban J connectivity index is 1.93. The van der Waals surface area contributed by atoms with Crippen molar-refractivity contribution in [1.29, 1.82) is 0 Å². The maximum absolute atomic E-state index is 11.3. The fraction of sp³-hybridized carbons (Fsp3) is 0.0455. The second-order valence-electron chi connectivity index (χ2n) is 6.39. The summed E-state index contributed by atoms with van der Waals surface area (Å²) in [7, 11) is 0. The highest BCUT2D eigenvalue weighted by atomic mass is 16.6. The van der Waals surface area contributed by atoms with Crippen molar-refractivity contribution in [1.82, 2.24) is 4.98 Å². The summed E-state index contributed by atoms with van der Waals surface area (Å²) in [6, 6.07) is 20.8. The second kappa shape index (κ2) is 7.36. The number of pyridine rings is 1. The van der Waals surface area contributed by atoms with Gasteiger partial charge in [0.2, 0.25) is 0 Å². The van der Waals surface area contributed by atoms with Crippen LogP contribution in [-0.2, 0) is 0 Å². The molecule has 0 aliphatic heterocycles. The van der Waals surface area contributed by atoms with Crippen LogP contribution in [0, 0.1) is 10.1 Å². The normalized spacial score (nSPS) is 11.9. The molecule has 3 aromatic carbocycles. The van der Waals surface area contributed by atoms with Crippen LogP contribution in [0.1, 0.15) is 17.2 Å². The van der Waals surface area contributed by atoms with Crippen LogP contribution in [0.15, 0.2) is 85.2 Å². The lowest BCUT2D eigenvalue weighted by molar-refractivity contribution is -0.384. The van der Waals surface area contributed by atoms with Gasteiger partial charge < -0.3 is 10.4 Å². The first kappa shape index (κ1) is 17.5. The molecule has 0 fully saturated rings. The van der Waals surface area contributed by atoms with Crippen molar-refractivity contribution in [3.8, 4) is 5.75 Å². The quantitative estimate of drug-likeness (QED) is 0.378. The van der Waals surface area contributed by atoms with Gasteiger partial charge in [0, 0.05) is 30.1 Å². The van der Waals surface area contributed by atoms with E-state index in [4.69, 9.17) is 0 Å². The Morgan fingerprint density at radius 1 is 1.00 bits per heavy atom. The molecule has 1 aromatic heterocycles. The van der Waals surface area contributed by atoms with Crippen molar-refractivity contribution in [3.63, 3.8) is 0 Å². The number of phenols is 1. The van der Waals surface area contributed by atoms with Crippen LogP contribution < -0.4 is 5.32 Å². The number of aromatic nitrogens is 1. The molecule has 1 atom stereocenters. The molecule has 6 heteroatoms. The predicted octanol–water partition coefficient (Wildman–Crippen LogP) is 5.05. The number of fused-ring (bicyclic) bond motifs is 1. The molecule has 0 saturated heterocycles. The van der Waals surface area contributed by atoms with Gasteiger partial charge in [-0.3, -0.25) is 15.1 Å². The molecule has 138 valence electrons. The van der Waals surface area contributed by atoms with Gasteiger partial charge in [0.1, 0.15) is 5.75 Å².